The van der Waals surface area contributed by atoms with Crippen molar-refractivity contribution < 1.29 is 0 Å². The molecule has 0 aliphatic heterocycles. The fourth-order valence-electron chi connectivity index (χ4n) is 1.47. The Balaban J connectivity index is 1.94. The van der Waals surface area contributed by atoms with Crippen molar-refractivity contribution >= 4 is 17.4 Å². The van der Waals surface area contributed by atoms with Crippen LogP contribution in [0, 0.1) is 6.92 Å². The topological polar surface area (TPSA) is 40.7 Å². The Bertz CT molecular complexity index is 448. The average molecular weight is 233 g/mol. The van der Waals surface area contributed by atoms with E-state index in [1.807, 2.05) is 13.1 Å². The first kappa shape index (κ1) is 11.1. The average Bonchev–Trinajstić information content (AvgIpc) is 2.73. The van der Waals surface area contributed by atoms with Gasteiger partial charge in [-0.15, -0.1) is 11.8 Å². The first-order valence-electron chi connectivity index (χ1n) is 5.16. The molecule has 0 atom stereocenters. The number of nitrogens with one attached hydrogen (secondary N) is 2. The van der Waals surface area contributed by atoms with Gasteiger partial charge in [-0.2, -0.15) is 0 Å². The molecule has 1 heterocycles. The lowest BCUT2D eigenvalue weighted by molar-refractivity contribution is 1.05. The molecular weight excluding hydrogens is 218 g/mol. The van der Waals surface area contributed by atoms with Gasteiger partial charge in [-0.3, -0.25) is 0 Å². The Morgan fingerprint density at radius 3 is 2.62 bits per heavy atom. The SMILES string of the molecule is CSc1ccc(NCc2cnc(C)[nH]2)cc1. The molecule has 2 N–H and O–H groups in total. The largest absolute Gasteiger partial charge is 0.379 e. The minimum atomic E-state index is 0.777. The van der Waals surface area contributed by atoms with Crippen LogP contribution in [-0.4, -0.2) is 16.2 Å². The smallest absolute Gasteiger partial charge is 0.103 e. The number of nitrogens with zero attached hydrogens (tertiary/aromatic N) is 1. The lowest BCUT2D eigenvalue weighted by atomic mass is 10.3. The standard InChI is InChI=1S/C12H15N3S/c1-9-13-7-11(15-9)8-14-10-3-5-12(16-2)6-4-10/h3-7,14H,8H2,1-2H3,(H,13,15). The normalized spacial score (nSPS) is 10.4. The number of hydrogen-bond acceptors (Lipinski definition) is 3. The van der Waals surface area contributed by atoms with Gasteiger partial charge in [0.25, 0.3) is 0 Å². The van der Waals surface area contributed by atoms with Gasteiger partial charge in [0.15, 0.2) is 0 Å². The second kappa shape index (κ2) is 5.07. The summed E-state index contributed by atoms with van der Waals surface area (Å²) in [5.41, 5.74) is 2.23. The van der Waals surface area contributed by atoms with Gasteiger partial charge in [0.05, 0.1) is 18.4 Å². The third kappa shape index (κ3) is 2.79. The monoisotopic (exact) mass is 233 g/mol. The summed E-state index contributed by atoms with van der Waals surface area (Å²) < 4.78 is 0. The number of H-pyrrole nitrogens is 1. The number of aromatic amines is 1. The van der Waals surface area contributed by atoms with Crippen molar-refractivity contribution in [3.8, 4) is 0 Å². The van der Waals surface area contributed by atoms with E-state index in [1.54, 1.807) is 11.8 Å². The molecule has 2 aromatic rings. The number of anilines is 1. The summed E-state index contributed by atoms with van der Waals surface area (Å²) in [4.78, 5) is 8.63. The van der Waals surface area contributed by atoms with Gasteiger partial charge in [-0.25, -0.2) is 4.98 Å². The molecule has 2 rings (SSSR count). The van der Waals surface area contributed by atoms with Gasteiger partial charge in [0.2, 0.25) is 0 Å². The Hall–Kier alpha value is -1.42. The van der Waals surface area contributed by atoms with Gasteiger partial charge < -0.3 is 10.3 Å². The highest BCUT2D eigenvalue weighted by Crippen LogP contribution is 2.17. The van der Waals surface area contributed by atoms with Crippen LogP contribution in [0.25, 0.3) is 0 Å². The Labute approximate surface area is 99.7 Å². The fourth-order valence-corrected chi connectivity index (χ4v) is 1.88. The van der Waals surface area contributed by atoms with Gasteiger partial charge in [-0.1, -0.05) is 0 Å². The van der Waals surface area contributed by atoms with Crippen molar-refractivity contribution in [3.05, 3.63) is 42.0 Å². The van der Waals surface area contributed by atoms with E-state index in [4.69, 9.17) is 0 Å². The van der Waals surface area contributed by atoms with Crippen LogP contribution >= 0.6 is 11.8 Å². The maximum Gasteiger partial charge on any atom is 0.103 e. The molecule has 1 aromatic heterocycles. The van der Waals surface area contributed by atoms with E-state index in [0.29, 0.717) is 0 Å². The van der Waals surface area contributed by atoms with Crippen LogP contribution in [0.3, 0.4) is 0 Å². The summed E-state index contributed by atoms with van der Waals surface area (Å²) in [7, 11) is 0. The van der Waals surface area contributed by atoms with Gasteiger partial charge >= 0.3 is 0 Å². The minimum Gasteiger partial charge on any atom is -0.379 e. The number of imidazole rings is 1. The molecule has 0 radical (unpaired) electrons. The number of hydrogen-bond donors (Lipinski definition) is 2. The number of thioether (sulfide) groups is 1. The highest BCUT2D eigenvalue weighted by atomic mass is 32.2. The third-order valence-electron chi connectivity index (χ3n) is 2.33. The molecule has 1 aromatic carbocycles. The lowest BCUT2D eigenvalue weighted by Crippen LogP contribution is -1.99. The lowest BCUT2D eigenvalue weighted by Gasteiger charge is -2.05. The van der Waals surface area contributed by atoms with E-state index in [2.05, 4.69) is 45.8 Å². The van der Waals surface area contributed by atoms with Crippen molar-refractivity contribution in [3.63, 3.8) is 0 Å². The number of benzene rings is 1. The second-order valence-corrected chi connectivity index (χ2v) is 4.46. The zero-order chi connectivity index (χ0) is 11.4. The van der Waals surface area contributed by atoms with Crippen LogP contribution in [0.4, 0.5) is 5.69 Å². The van der Waals surface area contributed by atoms with E-state index in [-0.39, 0.29) is 0 Å². The predicted molar refractivity (Wildman–Crippen MR) is 68.9 cm³/mol. The first-order chi connectivity index (χ1) is 7.78. The molecule has 4 heteroatoms. The number of rotatable bonds is 4. The summed E-state index contributed by atoms with van der Waals surface area (Å²) in [6, 6.07) is 8.42. The maximum atomic E-state index is 4.16. The van der Waals surface area contributed by atoms with Crippen LogP contribution < -0.4 is 5.32 Å². The molecule has 0 spiro atoms. The van der Waals surface area contributed by atoms with E-state index in [0.717, 1.165) is 23.8 Å². The Kier molecular flexibility index (Phi) is 3.51. The zero-order valence-corrected chi connectivity index (χ0v) is 10.3. The van der Waals surface area contributed by atoms with Crippen molar-refractivity contribution in [2.75, 3.05) is 11.6 Å². The number of aromatic nitrogens is 2. The van der Waals surface area contributed by atoms with E-state index in [1.165, 1.54) is 4.90 Å². The van der Waals surface area contributed by atoms with Crippen molar-refractivity contribution in [2.24, 2.45) is 0 Å². The van der Waals surface area contributed by atoms with Crippen LogP contribution in [0.2, 0.25) is 0 Å². The summed E-state index contributed by atoms with van der Waals surface area (Å²) in [5.74, 6) is 0.953. The van der Waals surface area contributed by atoms with Gasteiger partial charge in [-0.05, 0) is 37.4 Å². The molecule has 0 unspecified atom stereocenters. The molecule has 0 aliphatic carbocycles. The first-order valence-corrected chi connectivity index (χ1v) is 6.39. The predicted octanol–water partition coefficient (Wildman–Crippen LogP) is 3.05. The van der Waals surface area contributed by atoms with Crippen molar-refractivity contribution in [2.45, 2.75) is 18.4 Å². The summed E-state index contributed by atoms with van der Waals surface area (Å²) in [5, 5.41) is 3.35. The quantitative estimate of drug-likeness (QED) is 0.797. The summed E-state index contributed by atoms with van der Waals surface area (Å²) in [6.07, 6.45) is 3.94. The molecule has 0 aliphatic rings. The Morgan fingerprint density at radius 1 is 1.31 bits per heavy atom. The summed E-state index contributed by atoms with van der Waals surface area (Å²) >= 11 is 1.75. The van der Waals surface area contributed by atoms with Crippen molar-refractivity contribution in [1.29, 1.82) is 0 Å². The Morgan fingerprint density at radius 2 is 2.06 bits per heavy atom. The van der Waals surface area contributed by atoms with E-state index in [9.17, 15) is 0 Å². The highest BCUT2D eigenvalue weighted by Gasteiger charge is 1.97. The molecule has 0 saturated heterocycles. The molecule has 0 bridgehead atoms. The van der Waals surface area contributed by atoms with E-state index >= 15 is 0 Å². The molecule has 0 amide bonds. The molecule has 3 nitrogen and oxygen atoms in total. The van der Waals surface area contributed by atoms with Gasteiger partial charge in [0, 0.05) is 10.6 Å². The van der Waals surface area contributed by atoms with Gasteiger partial charge in [0.1, 0.15) is 5.82 Å². The fraction of sp³-hybridized carbons (Fsp3) is 0.250. The van der Waals surface area contributed by atoms with Crippen molar-refractivity contribution in [1.82, 2.24) is 9.97 Å². The molecule has 84 valence electrons. The van der Waals surface area contributed by atoms with Crippen LogP contribution in [0.15, 0.2) is 35.4 Å². The zero-order valence-electron chi connectivity index (χ0n) is 9.45. The van der Waals surface area contributed by atoms with E-state index < -0.39 is 0 Å². The number of aryl methyl sites for hydroxylation is 1. The minimum absolute atomic E-state index is 0.777. The third-order valence-corrected chi connectivity index (χ3v) is 3.07. The van der Waals surface area contributed by atoms with Crippen LogP contribution in [-0.2, 0) is 6.54 Å². The van der Waals surface area contributed by atoms with Crippen LogP contribution in [0.1, 0.15) is 11.5 Å². The molecular formula is C12H15N3S. The maximum absolute atomic E-state index is 4.16. The molecule has 0 fully saturated rings. The highest BCUT2D eigenvalue weighted by molar-refractivity contribution is 7.98. The molecule has 16 heavy (non-hydrogen) atoms. The van der Waals surface area contributed by atoms with Crippen LogP contribution in [0.5, 0.6) is 0 Å². The second-order valence-electron chi connectivity index (χ2n) is 3.58. The molecule has 0 saturated carbocycles. The summed E-state index contributed by atoms with van der Waals surface area (Å²) in [6.45, 7) is 2.73.